The zero-order valence-corrected chi connectivity index (χ0v) is 37.3. The van der Waals surface area contributed by atoms with Gasteiger partial charge in [0, 0.05) is 44.4 Å². The van der Waals surface area contributed by atoms with Gasteiger partial charge in [-0.2, -0.15) is 0 Å². The van der Waals surface area contributed by atoms with Gasteiger partial charge in [-0.15, -0.1) is 0 Å². The van der Waals surface area contributed by atoms with Crippen molar-refractivity contribution in [3.63, 3.8) is 0 Å². The van der Waals surface area contributed by atoms with Gasteiger partial charge in [-0.3, -0.25) is 4.79 Å². The van der Waals surface area contributed by atoms with Crippen LogP contribution in [0.25, 0.3) is 0 Å². The molecule has 18 atom stereocenters. The van der Waals surface area contributed by atoms with E-state index in [1.54, 1.807) is 55.6 Å². The zero-order valence-electron chi connectivity index (χ0n) is 37.3. The summed E-state index contributed by atoms with van der Waals surface area (Å²) in [4.78, 5) is 21.8. The molecule has 0 unspecified atom stereocenters. The molecule has 17 nitrogen and oxygen atoms in total. The summed E-state index contributed by atoms with van der Waals surface area (Å²) in [7, 11) is 6.76. The van der Waals surface area contributed by atoms with Gasteiger partial charge in [-0.25, -0.2) is 0 Å². The Morgan fingerprint density at radius 3 is 2.14 bits per heavy atom. The molecule has 0 saturated carbocycles. The molecule has 17 heteroatoms. The van der Waals surface area contributed by atoms with E-state index in [1.165, 1.54) is 14.0 Å². The quantitative estimate of drug-likeness (QED) is 0.0778. The van der Waals surface area contributed by atoms with E-state index in [0.29, 0.717) is 18.7 Å². The van der Waals surface area contributed by atoms with Crippen LogP contribution >= 0.6 is 0 Å². The van der Waals surface area contributed by atoms with Gasteiger partial charge in [-0.1, -0.05) is 32.9 Å². The minimum absolute atomic E-state index is 0.0307. The summed E-state index contributed by atoms with van der Waals surface area (Å²) in [6, 6.07) is -0.328. The lowest BCUT2D eigenvalue weighted by Crippen LogP contribution is -2.61. The van der Waals surface area contributed by atoms with E-state index in [-0.39, 0.29) is 44.8 Å². The average Bonchev–Trinajstić information content (AvgIpc) is 3.15. The Bertz CT molecular complexity index is 1300. The van der Waals surface area contributed by atoms with Gasteiger partial charge in [0.1, 0.15) is 23.9 Å². The zero-order chi connectivity index (χ0) is 43.9. The van der Waals surface area contributed by atoms with Crippen molar-refractivity contribution in [2.24, 2.45) is 28.8 Å². The molecule has 0 aromatic carbocycles. The predicted molar refractivity (Wildman–Crippen MR) is 212 cm³/mol. The highest BCUT2D eigenvalue weighted by atomic mass is 16.7. The second kappa shape index (κ2) is 21.5. The van der Waals surface area contributed by atoms with Gasteiger partial charge in [0.15, 0.2) is 12.6 Å². The third-order valence-corrected chi connectivity index (χ3v) is 12.6. The molecule has 0 amide bonds. The lowest BCUT2D eigenvalue weighted by atomic mass is 9.73. The number of esters is 1. The number of hydrogen-bond donors (Lipinski definition) is 5. The summed E-state index contributed by atoms with van der Waals surface area (Å²) in [5.74, 6) is -4.14. The van der Waals surface area contributed by atoms with Crippen molar-refractivity contribution < 1.29 is 73.1 Å². The monoisotopic (exact) mass is 837 g/mol. The van der Waals surface area contributed by atoms with E-state index in [1.807, 2.05) is 32.8 Å². The van der Waals surface area contributed by atoms with Gasteiger partial charge in [0.05, 0.1) is 66.6 Å². The van der Waals surface area contributed by atoms with Gasteiger partial charge >= 0.3 is 5.97 Å². The Morgan fingerprint density at radius 1 is 0.897 bits per heavy atom. The van der Waals surface area contributed by atoms with Crippen LogP contribution in [0.2, 0.25) is 0 Å². The smallest absolute Gasteiger partial charge is 0.311 e. The van der Waals surface area contributed by atoms with Crippen molar-refractivity contribution >= 4 is 11.7 Å². The summed E-state index contributed by atoms with van der Waals surface area (Å²) in [6.45, 7) is 17.3. The molecule has 0 aromatic heterocycles. The third-order valence-electron chi connectivity index (χ3n) is 12.6. The fraction of sp³-hybridized carbons (Fsp3) is 0.951. The molecule has 5 N–H and O–H groups in total. The van der Waals surface area contributed by atoms with E-state index in [9.17, 15) is 30.3 Å². The molecule has 340 valence electrons. The molecule has 3 fully saturated rings. The minimum Gasteiger partial charge on any atom is -0.459 e. The molecular weight excluding hydrogens is 760 g/mol. The third kappa shape index (κ3) is 12.1. The normalized spacial score (nSPS) is 45.8. The average molecular weight is 837 g/mol. The highest BCUT2D eigenvalue weighted by molar-refractivity contribution is 5.88. The first-order chi connectivity index (χ1) is 27.0. The molecule has 3 saturated heterocycles. The van der Waals surface area contributed by atoms with Crippen molar-refractivity contribution in [1.29, 1.82) is 0 Å². The summed E-state index contributed by atoms with van der Waals surface area (Å²) in [6.07, 6.45) is -9.49. The second-order valence-electron chi connectivity index (χ2n) is 17.7. The number of methoxy groups -OCH3 is 2. The van der Waals surface area contributed by atoms with Crippen molar-refractivity contribution in [2.45, 2.75) is 179 Å². The number of rotatable bonds is 13. The molecule has 0 aromatic rings. The van der Waals surface area contributed by atoms with Gasteiger partial charge in [0.2, 0.25) is 6.79 Å². The lowest BCUT2D eigenvalue weighted by molar-refractivity contribution is -0.317. The molecule has 0 radical (unpaired) electrons. The summed E-state index contributed by atoms with van der Waals surface area (Å²) in [5, 5.41) is 63.6. The number of oxime groups is 1. The lowest BCUT2D eigenvalue weighted by Gasteiger charge is -2.49. The molecule has 58 heavy (non-hydrogen) atoms. The number of cyclic esters (lactones) is 1. The number of likely N-dealkylation sites (N-methyl/N-ethyl adjacent to an activating group) is 1. The van der Waals surface area contributed by atoms with Crippen LogP contribution in [0, 0.1) is 23.7 Å². The molecule has 3 aliphatic heterocycles. The number of aliphatic hydroxyl groups is 5. The first kappa shape index (κ1) is 50.8. The molecule has 3 aliphatic rings. The molecule has 3 rings (SSSR count). The molecule has 0 bridgehead atoms. The van der Waals surface area contributed by atoms with Gasteiger partial charge in [-0.05, 0) is 74.9 Å². The van der Waals surface area contributed by atoms with E-state index in [4.69, 9.17) is 42.7 Å². The number of ether oxygens (including phenoxy) is 8. The SMILES string of the molecule is CC[C@H]1OC(=O)[C@H](C)[C@@H](O[C@H]2C[C@](C)(OC)[C@@H](O)[C@@H](C)O2)[C@H](C)[C@@H](O[C@@H]2O[C@@H](C)C[C@@H](N(C)C)[C@@H]2O)[C@](C)(O)C[C@@H](C)/C(=N\OCOCCOC)[C@H](C)[C@@H](O)[C@]1(C)O. The van der Waals surface area contributed by atoms with Crippen molar-refractivity contribution in [3.8, 4) is 0 Å². The number of hydrogen-bond acceptors (Lipinski definition) is 17. The van der Waals surface area contributed by atoms with E-state index >= 15 is 0 Å². The Hall–Kier alpha value is -1.58. The van der Waals surface area contributed by atoms with Crippen molar-refractivity contribution in [3.05, 3.63) is 0 Å². The van der Waals surface area contributed by atoms with Crippen LogP contribution in [0.5, 0.6) is 0 Å². The number of carbonyl (C=O) groups excluding carboxylic acids is 1. The highest BCUT2D eigenvalue weighted by Crippen LogP contribution is 2.41. The largest absolute Gasteiger partial charge is 0.459 e. The minimum atomic E-state index is -1.97. The number of aliphatic hydroxyl groups excluding tert-OH is 3. The molecular formula is C41H76N2O15. The van der Waals surface area contributed by atoms with Crippen LogP contribution in [-0.4, -0.2) is 175 Å². The van der Waals surface area contributed by atoms with E-state index in [0.717, 1.165) is 0 Å². The van der Waals surface area contributed by atoms with Crippen LogP contribution < -0.4 is 0 Å². The Labute approximate surface area is 345 Å². The Balaban J connectivity index is 2.22. The van der Waals surface area contributed by atoms with Gasteiger partial charge in [0.25, 0.3) is 0 Å². The van der Waals surface area contributed by atoms with Gasteiger partial charge < -0.3 is 73.2 Å². The van der Waals surface area contributed by atoms with Crippen LogP contribution in [0.15, 0.2) is 5.16 Å². The number of nitrogens with zero attached hydrogens (tertiary/aromatic N) is 2. The van der Waals surface area contributed by atoms with Crippen LogP contribution in [0.3, 0.4) is 0 Å². The summed E-state index contributed by atoms with van der Waals surface area (Å²) < 4.78 is 48.1. The maximum Gasteiger partial charge on any atom is 0.311 e. The highest BCUT2D eigenvalue weighted by Gasteiger charge is 2.53. The summed E-state index contributed by atoms with van der Waals surface area (Å²) in [5.41, 5.74) is -4.49. The van der Waals surface area contributed by atoms with E-state index in [2.05, 4.69) is 5.16 Å². The number of carbonyl (C=O) groups is 1. The Morgan fingerprint density at radius 2 is 1.55 bits per heavy atom. The molecule has 3 heterocycles. The standard InChI is InChI=1S/C41H76N2O15/c1-15-29-41(10,49)34(45)24(4)31(42-53-21-52-17-16-50-13)22(2)19-39(8,48)36(58-38-32(44)28(43(11)12)18-23(3)54-38)25(5)33(26(6)37(47)56-29)57-30-20-40(9,51-14)35(46)27(7)55-30/h22-30,32-36,38,44-46,48-49H,15-21H2,1-14H3/b42-31+/t22-,23+,24+,25+,26-,27-,28-,29-,30+,32+,33+,34-,35+,36-,38+,39-,40+,41-/m1/s1. The second-order valence-corrected chi connectivity index (χ2v) is 17.7. The topological polar surface area (TPSA) is 217 Å². The van der Waals surface area contributed by atoms with Crippen LogP contribution in [0.4, 0.5) is 0 Å². The maximum absolute atomic E-state index is 14.3. The first-order valence-electron chi connectivity index (χ1n) is 20.8. The van der Waals surface area contributed by atoms with Crippen LogP contribution in [0.1, 0.15) is 94.9 Å². The van der Waals surface area contributed by atoms with E-state index < -0.39 is 102 Å². The molecule has 0 spiro atoms. The van der Waals surface area contributed by atoms with Crippen LogP contribution in [-0.2, 0) is 47.5 Å². The van der Waals surface area contributed by atoms with Crippen molar-refractivity contribution in [2.75, 3.05) is 48.3 Å². The van der Waals surface area contributed by atoms with Crippen molar-refractivity contribution in [1.82, 2.24) is 4.90 Å². The Kier molecular flexibility index (Phi) is 18.8. The fourth-order valence-electron chi connectivity index (χ4n) is 8.93. The molecule has 0 aliphatic carbocycles. The first-order valence-corrected chi connectivity index (χ1v) is 20.8. The summed E-state index contributed by atoms with van der Waals surface area (Å²) >= 11 is 0. The fourth-order valence-corrected chi connectivity index (χ4v) is 8.93. The maximum atomic E-state index is 14.3. The predicted octanol–water partition coefficient (Wildman–Crippen LogP) is 2.21.